The van der Waals surface area contributed by atoms with Gasteiger partial charge in [0, 0.05) is 37.6 Å². The number of aromatic nitrogens is 5. The Bertz CT molecular complexity index is 1040. The van der Waals surface area contributed by atoms with Gasteiger partial charge in [0.2, 0.25) is 5.91 Å². The van der Waals surface area contributed by atoms with Crippen LogP contribution in [-0.2, 0) is 4.79 Å². The topological polar surface area (TPSA) is 80.0 Å². The first-order valence-electron chi connectivity index (χ1n) is 10.5. The molecule has 9 heteroatoms. The molecule has 1 saturated heterocycles. The van der Waals surface area contributed by atoms with E-state index in [1.807, 2.05) is 29.2 Å². The van der Waals surface area contributed by atoms with E-state index in [4.69, 9.17) is 11.6 Å². The van der Waals surface area contributed by atoms with Gasteiger partial charge in [0.25, 0.3) is 0 Å². The monoisotopic (exact) mass is 425 g/mol. The normalized spacial score (nSPS) is 17.8. The van der Waals surface area contributed by atoms with Gasteiger partial charge in [-0.15, -0.1) is 5.10 Å². The lowest BCUT2D eigenvalue weighted by Gasteiger charge is -2.35. The van der Waals surface area contributed by atoms with Crippen molar-refractivity contribution in [2.45, 2.75) is 32.1 Å². The third kappa shape index (κ3) is 3.71. The molecule has 2 aromatic heterocycles. The van der Waals surface area contributed by atoms with Crippen molar-refractivity contribution in [1.82, 2.24) is 29.9 Å². The highest BCUT2D eigenvalue weighted by Gasteiger charge is 2.27. The summed E-state index contributed by atoms with van der Waals surface area (Å²) in [5, 5.41) is 9.29. The lowest BCUT2D eigenvalue weighted by molar-refractivity contribution is -0.132. The van der Waals surface area contributed by atoms with E-state index in [1.165, 1.54) is 25.7 Å². The largest absolute Gasteiger partial charge is 0.351 e. The molecule has 30 heavy (non-hydrogen) atoms. The van der Waals surface area contributed by atoms with E-state index < -0.39 is 0 Å². The van der Waals surface area contributed by atoms with Crippen LogP contribution in [0.25, 0.3) is 16.9 Å². The fourth-order valence-corrected chi connectivity index (χ4v) is 4.61. The lowest BCUT2D eigenvalue weighted by atomic mass is 10.0. The summed E-state index contributed by atoms with van der Waals surface area (Å²) >= 11 is 5.99. The number of hydrogen-bond acceptors (Lipinski definition) is 6. The molecule has 2 aliphatic rings. The van der Waals surface area contributed by atoms with Crippen LogP contribution < -0.4 is 4.90 Å². The van der Waals surface area contributed by atoms with Crippen LogP contribution in [0.3, 0.4) is 0 Å². The zero-order valence-electron chi connectivity index (χ0n) is 16.7. The number of fused-ring (bicyclic) bond motifs is 1. The molecule has 1 amide bonds. The van der Waals surface area contributed by atoms with Crippen molar-refractivity contribution >= 4 is 34.5 Å². The van der Waals surface area contributed by atoms with Gasteiger partial charge in [0.15, 0.2) is 17.0 Å². The van der Waals surface area contributed by atoms with E-state index in [0.29, 0.717) is 47.5 Å². The van der Waals surface area contributed by atoms with Crippen LogP contribution in [0.1, 0.15) is 32.1 Å². The van der Waals surface area contributed by atoms with E-state index in [9.17, 15) is 4.79 Å². The summed E-state index contributed by atoms with van der Waals surface area (Å²) in [5.74, 6) is 1.64. The number of benzene rings is 1. The fourth-order valence-electron chi connectivity index (χ4n) is 4.48. The first-order valence-corrected chi connectivity index (χ1v) is 10.9. The number of anilines is 1. The average Bonchev–Trinajstić information content (AvgIpc) is 3.44. The second kappa shape index (κ2) is 8.18. The summed E-state index contributed by atoms with van der Waals surface area (Å²) in [5.41, 5.74) is 2.16. The van der Waals surface area contributed by atoms with E-state index >= 15 is 0 Å². The van der Waals surface area contributed by atoms with Gasteiger partial charge >= 0.3 is 0 Å². The van der Waals surface area contributed by atoms with Crippen molar-refractivity contribution in [2.75, 3.05) is 31.1 Å². The van der Waals surface area contributed by atoms with Crippen LogP contribution in [0.15, 0.2) is 30.6 Å². The number of halogens is 1. The van der Waals surface area contributed by atoms with Crippen molar-refractivity contribution in [3.63, 3.8) is 0 Å². The molecular formula is C21H24ClN7O. The van der Waals surface area contributed by atoms with E-state index in [1.54, 1.807) is 11.0 Å². The number of piperazine rings is 1. The maximum absolute atomic E-state index is 12.6. The van der Waals surface area contributed by atoms with Crippen molar-refractivity contribution < 1.29 is 4.79 Å². The number of carbonyl (C=O) groups excluding carboxylic acids is 1. The Hall–Kier alpha value is -2.74. The molecule has 0 unspecified atom stereocenters. The standard InChI is InChI=1S/C21H24ClN7O/c22-16-5-7-17(8-6-16)29-21-19(25-26-29)20(23-14-24-21)28-11-9-27(10-12-28)18(30)13-15-3-1-2-4-15/h5-8,14-15H,1-4,9-13H2. The number of hydrogen-bond donors (Lipinski definition) is 0. The molecule has 1 aliphatic carbocycles. The van der Waals surface area contributed by atoms with Gasteiger partial charge in [0.05, 0.1) is 5.69 Å². The van der Waals surface area contributed by atoms with Gasteiger partial charge in [-0.2, -0.15) is 4.68 Å². The summed E-state index contributed by atoms with van der Waals surface area (Å²) in [6, 6.07) is 7.39. The Morgan fingerprint density at radius 1 is 1.03 bits per heavy atom. The third-order valence-electron chi connectivity index (χ3n) is 6.16. The molecular weight excluding hydrogens is 402 g/mol. The SMILES string of the molecule is O=C(CC1CCCC1)N1CCN(c2ncnc3c2nnn3-c2ccc(Cl)cc2)CC1. The van der Waals surface area contributed by atoms with Crippen molar-refractivity contribution in [3.05, 3.63) is 35.6 Å². The number of carbonyl (C=O) groups is 1. The van der Waals surface area contributed by atoms with Crippen molar-refractivity contribution in [3.8, 4) is 5.69 Å². The molecule has 156 valence electrons. The predicted octanol–water partition coefficient (Wildman–Crippen LogP) is 3.09. The first kappa shape index (κ1) is 19.2. The molecule has 2 fully saturated rings. The zero-order valence-corrected chi connectivity index (χ0v) is 17.5. The average molecular weight is 426 g/mol. The number of amides is 1. The Balaban J connectivity index is 1.31. The van der Waals surface area contributed by atoms with Gasteiger partial charge < -0.3 is 9.80 Å². The van der Waals surface area contributed by atoms with Gasteiger partial charge in [-0.25, -0.2) is 9.97 Å². The van der Waals surface area contributed by atoms with Crippen molar-refractivity contribution in [2.24, 2.45) is 5.92 Å². The summed E-state index contributed by atoms with van der Waals surface area (Å²) in [7, 11) is 0. The van der Waals surface area contributed by atoms with Crippen LogP contribution in [0.4, 0.5) is 5.82 Å². The van der Waals surface area contributed by atoms with Gasteiger partial charge in [-0.3, -0.25) is 4.79 Å². The number of rotatable bonds is 4. The van der Waals surface area contributed by atoms with Crippen LogP contribution in [-0.4, -0.2) is 61.9 Å². The highest BCUT2D eigenvalue weighted by Crippen LogP contribution is 2.29. The molecule has 0 atom stereocenters. The molecule has 1 aromatic carbocycles. The highest BCUT2D eigenvalue weighted by molar-refractivity contribution is 6.30. The maximum Gasteiger partial charge on any atom is 0.222 e. The minimum absolute atomic E-state index is 0.295. The highest BCUT2D eigenvalue weighted by atomic mass is 35.5. The van der Waals surface area contributed by atoms with Crippen LogP contribution in [0.5, 0.6) is 0 Å². The fraction of sp³-hybridized carbons (Fsp3) is 0.476. The Morgan fingerprint density at radius 3 is 2.50 bits per heavy atom. The molecule has 1 aliphatic heterocycles. The van der Waals surface area contributed by atoms with E-state index in [2.05, 4.69) is 25.2 Å². The molecule has 5 rings (SSSR count). The maximum atomic E-state index is 12.6. The minimum Gasteiger partial charge on any atom is -0.351 e. The summed E-state index contributed by atoms with van der Waals surface area (Å²) < 4.78 is 1.69. The molecule has 8 nitrogen and oxygen atoms in total. The van der Waals surface area contributed by atoms with E-state index in [0.717, 1.165) is 24.6 Å². The first-order chi connectivity index (χ1) is 14.7. The molecule has 0 N–H and O–H groups in total. The second-order valence-corrected chi connectivity index (χ2v) is 8.51. The lowest BCUT2D eigenvalue weighted by Crippen LogP contribution is -2.49. The summed E-state index contributed by atoms with van der Waals surface area (Å²) in [6.07, 6.45) is 7.19. The van der Waals surface area contributed by atoms with E-state index in [-0.39, 0.29) is 0 Å². The summed E-state index contributed by atoms with van der Waals surface area (Å²) in [4.78, 5) is 25.7. The van der Waals surface area contributed by atoms with Gasteiger partial charge in [0.1, 0.15) is 6.33 Å². The van der Waals surface area contributed by atoms with Crippen LogP contribution in [0.2, 0.25) is 5.02 Å². The van der Waals surface area contributed by atoms with Gasteiger partial charge in [-0.05, 0) is 43.0 Å². The Labute approximate surface area is 179 Å². The molecule has 0 spiro atoms. The number of nitrogens with zero attached hydrogens (tertiary/aromatic N) is 7. The predicted molar refractivity (Wildman–Crippen MR) is 115 cm³/mol. The molecule has 3 aromatic rings. The van der Waals surface area contributed by atoms with Gasteiger partial charge in [-0.1, -0.05) is 29.7 Å². The molecule has 0 radical (unpaired) electrons. The summed E-state index contributed by atoms with van der Waals surface area (Å²) in [6.45, 7) is 2.89. The minimum atomic E-state index is 0.295. The quantitative estimate of drug-likeness (QED) is 0.639. The zero-order chi connectivity index (χ0) is 20.5. The smallest absolute Gasteiger partial charge is 0.222 e. The third-order valence-corrected chi connectivity index (χ3v) is 6.41. The Morgan fingerprint density at radius 2 is 1.77 bits per heavy atom. The van der Waals surface area contributed by atoms with Crippen LogP contribution >= 0.6 is 11.6 Å². The molecule has 3 heterocycles. The molecule has 0 bridgehead atoms. The Kier molecular flexibility index (Phi) is 5.25. The van der Waals surface area contributed by atoms with Crippen molar-refractivity contribution in [1.29, 1.82) is 0 Å². The van der Waals surface area contributed by atoms with Crippen LogP contribution in [0, 0.1) is 5.92 Å². The molecule has 1 saturated carbocycles. The second-order valence-electron chi connectivity index (χ2n) is 8.07.